The van der Waals surface area contributed by atoms with Crippen LogP contribution in [-0.2, 0) is 0 Å². The molecule has 0 fully saturated rings. The molecule has 0 bridgehead atoms. The van der Waals surface area contributed by atoms with Crippen molar-refractivity contribution < 1.29 is 9.53 Å². The lowest BCUT2D eigenvalue weighted by molar-refractivity contribution is 0.101. The first-order chi connectivity index (χ1) is 11.7. The first-order valence-electron chi connectivity index (χ1n) is 8.44. The van der Waals surface area contributed by atoms with E-state index in [1.54, 1.807) is 14.0 Å². The molecule has 0 radical (unpaired) electrons. The van der Waals surface area contributed by atoms with Crippen LogP contribution in [0, 0.1) is 6.92 Å². The van der Waals surface area contributed by atoms with Crippen LogP contribution in [0.5, 0.6) is 5.75 Å². The minimum atomic E-state index is -0.0691. The lowest BCUT2D eigenvalue weighted by Crippen LogP contribution is -2.26. The van der Waals surface area contributed by atoms with Gasteiger partial charge in [0.05, 0.1) is 7.11 Å². The summed E-state index contributed by atoms with van der Waals surface area (Å²) < 4.78 is 5.32. The van der Waals surface area contributed by atoms with Crippen molar-refractivity contribution in [1.82, 2.24) is 0 Å². The van der Waals surface area contributed by atoms with Crippen molar-refractivity contribution in [1.29, 1.82) is 0 Å². The maximum absolute atomic E-state index is 11.8. The maximum Gasteiger partial charge on any atom is 0.159 e. The summed E-state index contributed by atoms with van der Waals surface area (Å²) >= 11 is 0. The smallest absolute Gasteiger partial charge is 0.159 e. The van der Waals surface area contributed by atoms with Gasteiger partial charge in [-0.25, -0.2) is 0 Å². The van der Waals surface area contributed by atoms with Crippen molar-refractivity contribution >= 4 is 23.6 Å². The van der Waals surface area contributed by atoms with Gasteiger partial charge in [0.2, 0.25) is 0 Å². The first kappa shape index (κ1) is 18.8. The second kappa shape index (κ2) is 7.56. The number of nitrogens with one attached hydrogen (secondary N) is 1. The van der Waals surface area contributed by atoms with E-state index in [1.807, 2.05) is 43.3 Å². The molecule has 0 aliphatic heterocycles. The average Bonchev–Trinajstić information content (AvgIpc) is 2.50. The predicted molar refractivity (Wildman–Crippen MR) is 106 cm³/mol. The summed E-state index contributed by atoms with van der Waals surface area (Å²) in [7, 11) is 1.67. The van der Waals surface area contributed by atoms with Crippen molar-refractivity contribution in [3.05, 3.63) is 58.7 Å². The van der Waals surface area contributed by atoms with Gasteiger partial charge in [-0.15, -0.1) is 0 Å². The molecule has 0 aliphatic carbocycles. The second-order valence-electron chi connectivity index (χ2n) is 7.39. The monoisotopic (exact) mass is 337 g/mol. The number of methoxy groups -OCH3 is 1. The van der Waals surface area contributed by atoms with Gasteiger partial charge in [0.1, 0.15) is 5.75 Å². The fraction of sp³-hybridized carbons (Fsp3) is 0.318. The van der Waals surface area contributed by atoms with E-state index < -0.39 is 0 Å². The molecule has 0 spiro atoms. The summed E-state index contributed by atoms with van der Waals surface area (Å²) in [5.41, 5.74) is 4.78. The molecule has 0 amide bonds. The number of anilines is 1. The predicted octanol–water partition coefficient (Wildman–Crippen LogP) is 5.59. The van der Waals surface area contributed by atoms with Gasteiger partial charge in [0, 0.05) is 16.8 Å². The van der Waals surface area contributed by atoms with Crippen molar-refractivity contribution in [2.75, 3.05) is 12.4 Å². The van der Waals surface area contributed by atoms with Gasteiger partial charge >= 0.3 is 0 Å². The van der Waals surface area contributed by atoms with Crippen LogP contribution in [0.4, 0.5) is 5.69 Å². The quantitative estimate of drug-likeness (QED) is 0.571. The van der Waals surface area contributed by atoms with E-state index in [1.165, 1.54) is 0 Å². The number of carbonyl (C=O) groups is 1. The minimum absolute atomic E-state index is 0.0597. The second-order valence-corrected chi connectivity index (χ2v) is 7.39. The van der Waals surface area contributed by atoms with Crippen LogP contribution in [0.2, 0.25) is 0 Å². The molecule has 0 saturated carbocycles. The highest BCUT2D eigenvalue weighted by atomic mass is 16.5. The first-order valence-corrected chi connectivity index (χ1v) is 8.44. The Morgan fingerprint density at radius 1 is 1.00 bits per heavy atom. The number of carbonyl (C=O) groups excluding carboxylic acids is 1. The molecular formula is C22H27NO2. The maximum atomic E-state index is 11.8. The van der Waals surface area contributed by atoms with Crippen LogP contribution in [-0.4, -0.2) is 18.4 Å². The molecule has 2 rings (SSSR count). The van der Waals surface area contributed by atoms with Crippen LogP contribution in [0.15, 0.2) is 36.4 Å². The molecule has 0 saturated heterocycles. The zero-order chi connectivity index (χ0) is 18.6. The molecule has 0 atom stereocenters. The largest absolute Gasteiger partial charge is 0.497 e. The Hall–Kier alpha value is -2.55. The van der Waals surface area contributed by atoms with Gasteiger partial charge in [-0.1, -0.05) is 18.2 Å². The topological polar surface area (TPSA) is 38.3 Å². The lowest BCUT2D eigenvalue weighted by atomic mass is 10.0. The van der Waals surface area contributed by atoms with Gasteiger partial charge in [-0.3, -0.25) is 4.79 Å². The number of hydrogen-bond acceptors (Lipinski definition) is 3. The van der Waals surface area contributed by atoms with E-state index in [9.17, 15) is 4.79 Å². The Bertz CT molecular complexity index is 798. The number of benzene rings is 2. The Kier molecular flexibility index (Phi) is 5.68. The third-order valence-corrected chi connectivity index (χ3v) is 3.66. The van der Waals surface area contributed by atoms with Crippen LogP contribution >= 0.6 is 0 Å². The summed E-state index contributed by atoms with van der Waals surface area (Å²) in [5, 5.41) is 3.44. The summed E-state index contributed by atoms with van der Waals surface area (Å²) in [5.74, 6) is 0.900. The number of aryl methyl sites for hydroxylation is 1. The molecule has 1 N–H and O–H groups in total. The molecule has 3 nitrogen and oxygen atoms in total. The standard InChI is InChI=1S/C22H27NO2/c1-15-9-17(13-21(10-15)25-6)7-8-18-11-19(16(2)24)14-20(12-18)23-22(3,4)5/h7-14,23H,1-6H3/b8-7+. The fourth-order valence-electron chi connectivity index (χ4n) is 2.64. The molecule has 2 aromatic carbocycles. The SMILES string of the molecule is COc1cc(C)cc(/C=C/c2cc(NC(C)(C)C)cc(C(C)=O)c2)c1. The van der Waals surface area contributed by atoms with Gasteiger partial charge in [-0.05, 0) is 81.6 Å². The minimum Gasteiger partial charge on any atom is -0.497 e. The third kappa shape index (κ3) is 5.79. The lowest BCUT2D eigenvalue weighted by Gasteiger charge is -2.22. The zero-order valence-corrected chi connectivity index (χ0v) is 15.9. The number of Topliss-reactive ketones (excluding diaryl/α,β-unsaturated/α-hetero) is 1. The fourth-order valence-corrected chi connectivity index (χ4v) is 2.64. The summed E-state index contributed by atoms with van der Waals surface area (Å²) in [6.45, 7) is 9.93. The number of ketones is 1. The van der Waals surface area contributed by atoms with Crippen molar-refractivity contribution in [2.45, 2.75) is 40.2 Å². The summed E-state index contributed by atoms with van der Waals surface area (Å²) in [6.07, 6.45) is 4.06. The summed E-state index contributed by atoms with van der Waals surface area (Å²) in [4.78, 5) is 11.8. The van der Waals surface area contributed by atoms with E-state index in [0.29, 0.717) is 5.56 Å². The molecule has 132 valence electrons. The molecule has 0 aromatic heterocycles. The highest BCUT2D eigenvalue weighted by molar-refractivity contribution is 5.96. The van der Waals surface area contributed by atoms with Crippen molar-refractivity contribution in [3.63, 3.8) is 0 Å². The Morgan fingerprint density at radius 2 is 1.64 bits per heavy atom. The Labute approximate surface area is 150 Å². The Balaban J connectivity index is 2.37. The van der Waals surface area contributed by atoms with Crippen LogP contribution < -0.4 is 10.1 Å². The highest BCUT2D eigenvalue weighted by Crippen LogP contribution is 2.22. The molecule has 0 aliphatic rings. The molecule has 25 heavy (non-hydrogen) atoms. The molecule has 0 unspecified atom stereocenters. The molecule has 0 heterocycles. The van der Waals surface area contributed by atoms with Crippen LogP contribution in [0.1, 0.15) is 54.7 Å². The van der Waals surface area contributed by atoms with Gasteiger partial charge in [0.25, 0.3) is 0 Å². The normalized spacial score (nSPS) is 11.6. The Morgan fingerprint density at radius 3 is 2.20 bits per heavy atom. The highest BCUT2D eigenvalue weighted by Gasteiger charge is 2.11. The number of hydrogen-bond donors (Lipinski definition) is 1. The number of rotatable bonds is 5. The third-order valence-electron chi connectivity index (χ3n) is 3.66. The molecule has 2 aromatic rings. The summed E-state index contributed by atoms with van der Waals surface area (Å²) in [6, 6.07) is 12.0. The number of ether oxygens (including phenoxy) is 1. The van der Waals surface area contributed by atoms with E-state index in [-0.39, 0.29) is 11.3 Å². The van der Waals surface area contributed by atoms with E-state index in [0.717, 1.165) is 28.1 Å². The van der Waals surface area contributed by atoms with Crippen LogP contribution in [0.3, 0.4) is 0 Å². The van der Waals surface area contributed by atoms with Crippen molar-refractivity contribution in [2.24, 2.45) is 0 Å². The average molecular weight is 337 g/mol. The van der Waals surface area contributed by atoms with E-state index >= 15 is 0 Å². The molecule has 3 heteroatoms. The van der Waals surface area contributed by atoms with E-state index in [2.05, 4.69) is 38.2 Å². The van der Waals surface area contributed by atoms with Gasteiger partial charge in [0.15, 0.2) is 5.78 Å². The molecular weight excluding hydrogens is 310 g/mol. The zero-order valence-electron chi connectivity index (χ0n) is 15.9. The van der Waals surface area contributed by atoms with Gasteiger partial charge < -0.3 is 10.1 Å². The van der Waals surface area contributed by atoms with Crippen molar-refractivity contribution in [3.8, 4) is 5.75 Å². The van der Waals surface area contributed by atoms with Gasteiger partial charge in [-0.2, -0.15) is 0 Å². The van der Waals surface area contributed by atoms with E-state index in [4.69, 9.17) is 4.74 Å². The van der Waals surface area contributed by atoms with Crippen LogP contribution in [0.25, 0.3) is 12.2 Å².